The van der Waals surface area contributed by atoms with Gasteiger partial charge in [0.05, 0.1) is 0 Å². The minimum absolute atomic E-state index is 0.0198. The van der Waals surface area contributed by atoms with Crippen LogP contribution in [0, 0.1) is 5.82 Å². The molecule has 1 aliphatic heterocycles. The number of nitrogens with two attached hydrogens (primary N) is 1. The number of amides is 2. The summed E-state index contributed by atoms with van der Waals surface area (Å²) in [5.74, 6) is -2.30. The van der Waals surface area contributed by atoms with Crippen LogP contribution in [-0.2, 0) is 16.0 Å². The number of carbonyl (C=O) groups is 3. The fraction of sp³-hybridized carbons (Fsp3) is 0.286. The summed E-state index contributed by atoms with van der Waals surface area (Å²) < 4.78 is 13.4. The first-order chi connectivity index (χ1) is 13.7. The van der Waals surface area contributed by atoms with Crippen molar-refractivity contribution in [3.63, 3.8) is 0 Å². The Labute approximate surface area is 172 Å². The van der Waals surface area contributed by atoms with Crippen molar-refractivity contribution in [2.45, 2.75) is 31.3 Å². The highest BCUT2D eigenvalue weighted by Gasteiger charge is 2.50. The fourth-order valence-electron chi connectivity index (χ4n) is 3.43. The highest BCUT2D eigenvalue weighted by Crippen LogP contribution is 2.30. The van der Waals surface area contributed by atoms with Crippen molar-refractivity contribution in [2.75, 3.05) is 11.4 Å². The number of carbonyl (C=O) groups excluding carboxylic acids is 3. The lowest BCUT2D eigenvalue weighted by Crippen LogP contribution is -2.46. The molecule has 0 spiro atoms. The number of hydrogen-bond acceptors (Lipinski definition) is 4. The van der Waals surface area contributed by atoms with Gasteiger partial charge in [-0.3, -0.25) is 14.4 Å². The first-order valence-corrected chi connectivity index (χ1v) is 9.51. The van der Waals surface area contributed by atoms with Crippen LogP contribution in [0.25, 0.3) is 0 Å². The Morgan fingerprint density at radius 3 is 2.52 bits per heavy atom. The number of ketones is 1. The quantitative estimate of drug-likeness (QED) is 0.675. The predicted octanol–water partition coefficient (Wildman–Crippen LogP) is 2.64. The summed E-state index contributed by atoms with van der Waals surface area (Å²) in [7, 11) is 0. The van der Waals surface area contributed by atoms with E-state index in [2.05, 4.69) is 0 Å². The lowest BCUT2D eigenvalue weighted by molar-refractivity contribution is -0.147. The fourth-order valence-corrected chi connectivity index (χ4v) is 3.68. The van der Waals surface area contributed by atoms with Crippen LogP contribution in [0.2, 0.25) is 5.02 Å². The van der Waals surface area contributed by atoms with Gasteiger partial charge in [-0.15, -0.1) is 0 Å². The SMILES string of the molecule is NC(=O)c1ccc(N2CC[C@@](O)(C(=O)CCCc3cc(F)cc(Cl)c3)C2=O)cc1. The maximum absolute atomic E-state index is 13.4. The average molecular weight is 419 g/mol. The van der Waals surface area contributed by atoms with Crippen LogP contribution >= 0.6 is 11.6 Å². The van der Waals surface area contributed by atoms with Gasteiger partial charge in [-0.2, -0.15) is 0 Å². The summed E-state index contributed by atoms with van der Waals surface area (Å²) in [5.41, 5.74) is 4.53. The van der Waals surface area contributed by atoms with Crippen LogP contribution in [-0.4, -0.2) is 34.8 Å². The summed E-state index contributed by atoms with van der Waals surface area (Å²) in [6.45, 7) is 0.177. The molecule has 0 saturated carbocycles. The van der Waals surface area contributed by atoms with Gasteiger partial charge in [0.2, 0.25) is 11.5 Å². The van der Waals surface area contributed by atoms with Crippen molar-refractivity contribution in [1.82, 2.24) is 0 Å². The van der Waals surface area contributed by atoms with Crippen molar-refractivity contribution >= 4 is 34.9 Å². The first kappa shape index (κ1) is 21.0. The summed E-state index contributed by atoms with van der Waals surface area (Å²) in [5, 5.41) is 11.0. The molecule has 6 nitrogen and oxygen atoms in total. The van der Waals surface area contributed by atoms with E-state index in [1.807, 2.05) is 0 Å². The lowest BCUT2D eigenvalue weighted by atomic mass is 9.92. The Morgan fingerprint density at radius 1 is 1.21 bits per heavy atom. The topological polar surface area (TPSA) is 101 Å². The summed E-state index contributed by atoms with van der Waals surface area (Å²) in [6, 6.07) is 10.2. The third-order valence-corrected chi connectivity index (χ3v) is 5.23. The number of primary amides is 1. The maximum atomic E-state index is 13.4. The minimum Gasteiger partial charge on any atom is -0.373 e. The normalized spacial score (nSPS) is 18.9. The van der Waals surface area contributed by atoms with Gasteiger partial charge in [0, 0.05) is 35.7 Å². The molecule has 1 aliphatic rings. The van der Waals surface area contributed by atoms with E-state index in [9.17, 15) is 23.9 Å². The number of nitrogens with zero attached hydrogens (tertiary/aromatic N) is 1. The van der Waals surface area contributed by atoms with E-state index in [-0.39, 0.29) is 24.4 Å². The van der Waals surface area contributed by atoms with Crippen LogP contribution < -0.4 is 10.6 Å². The van der Waals surface area contributed by atoms with Gasteiger partial charge in [-0.25, -0.2) is 4.39 Å². The second-order valence-corrected chi connectivity index (χ2v) is 7.47. The number of benzene rings is 2. The molecule has 3 N–H and O–H groups in total. The monoisotopic (exact) mass is 418 g/mol. The Morgan fingerprint density at radius 2 is 1.90 bits per heavy atom. The van der Waals surface area contributed by atoms with Gasteiger partial charge in [0.1, 0.15) is 5.82 Å². The van der Waals surface area contributed by atoms with Gasteiger partial charge in [-0.05, 0) is 60.9 Å². The molecule has 8 heteroatoms. The zero-order chi connectivity index (χ0) is 21.2. The molecule has 2 amide bonds. The van der Waals surface area contributed by atoms with Crippen LogP contribution in [0.3, 0.4) is 0 Å². The second-order valence-electron chi connectivity index (χ2n) is 7.03. The zero-order valence-electron chi connectivity index (χ0n) is 15.5. The maximum Gasteiger partial charge on any atom is 0.266 e. The second kappa shape index (κ2) is 8.31. The highest BCUT2D eigenvalue weighted by atomic mass is 35.5. The number of rotatable bonds is 7. The van der Waals surface area contributed by atoms with E-state index in [1.54, 1.807) is 18.2 Å². The van der Waals surface area contributed by atoms with E-state index in [1.165, 1.54) is 29.2 Å². The average Bonchev–Trinajstić information content (AvgIpc) is 2.97. The Bertz CT molecular complexity index is 943. The van der Waals surface area contributed by atoms with E-state index >= 15 is 0 Å². The molecule has 152 valence electrons. The predicted molar refractivity (Wildman–Crippen MR) is 106 cm³/mol. The molecule has 3 rings (SSSR count). The lowest BCUT2D eigenvalue weighted by Gasteiger charge is -2.21. The standard InChI is InChI=1S/C21H20ClFN2O4/c22-15-10-13(11-16(23)12-15)2-1-3-18(26)21(29)8-9-25(20(21)28)17-6-4-14(5-7-17)19(24)27/h4-7,10-12,29H,1-3,8-9H2,(H2,24,27)/t21-/m1/s1. The zero-order valence-corrected chi connectivity index (χ0v) is 16.3. The number of hydrogen-bond donors (Lipinski definition) is 2. The molecule has 2 aromatic rings. The van der Waals surface area contributed by atoms with E-state index in [0.29, 0.717) is 29.7 Å². The summed E-state index contributed by atoms with van der Waals surface area (Å²) in [4.78, 5) is 37.7. The van der Waals surface area contributed by atoms with Crippen molar-refractivity contribution in [3.05, 3.63) is 64.4 Å². The van der Waals surface area contributed by atoms with Crippen LogP contribution in [0.15, 0.2) is 42.5 Å². The van der Waals surface area contributed by atoms with Crippen molar-refractivity contribution in [1.29, 1.82) is 0 Å². The van der Waals surface area contributed by atoms with Crippen LogP contribution in [0.4, 0.5) is 10.1 Å². The minimum atomic E-state index is -2.08. The number of halogens is 2. The molecule has 0 unspecified atom stereocenters. The highest BCUT2D eigenvalue weighted by molar-refractivity contribution is 6.30. The van der Waals surface area contributed by atoms with Crippen molar-refractivity contribution in [2.24, 2.45) is 5.73 Å². The van der Waals surface area contributed by atoms with Gasteiger partial charge < -0.3 is 15.7 Å². The molecule has 2 aromatic carbocycles. The third-order valence-electron chi connectivity index (χ3n) is 5.01. The first-order valence-electron chi connectivity index (χ1n) is 9.13. The number of Topliss-reactive ketones (excluding diaryl/α,β-unsaturated/α-hetero) is 1. The van der Waals surface area contributed by atoms with Crippen molar-refractivity contribution in [3.8, 4) is 0 Å². The molecule has 1 saturated heterocycles. The molecular formula is C21H20ClFN2O4. The Balaban J connectivity index is 1.63. The number of anilines is 1. The molecule has 29 heavy (non-hydrogen) atoms. The number of aryl methyl sites for hydroxylation is 1. The summed E-state index contributed by atoms with van der Waals surface area (Å²) >= 11 is 5.82. The largest absolute Gasteiger partial charge is 0.373 e. The van der Waals surface area contributed by atoms with Crippen LogP contribution in [0.5, 0.6) is 0 Å². The molecule has 1 heterocycles. The van der Waals surface area contributed by atoms with Crippen LogP contribution in [0.1, 0.15) is 35.2 Å². The van der Waals surface area contributed by atoms with E-state index in [4.69, 9.17) is 17.3 Å². The molecule has 1 atom stereocenters. The molecule has 0 aliphatic carbocycles. The molecule has 1 fully saturated rings. The Kier molecular flexibility index (Phi) is 6.00. The van der Waals surface area contributed by atoms with E-state index in [0.717, 1.165) is 0 Å². The van der Waals surface area contributed by atoms with Crippen molar-refractivity contribution < 1.29 is 23.9 Å². The Hall–Kier alpha value is -2.77. The third kappa shape index (κ3) is 4.46. The molecule has 0 radical (unpaired) electrons. The van der Waals surface area contributed by atoms with E-state index < -0.39 is 29.0 Å². The van der Waals surface area contributed by atoms with Gasteiger partial charge in [-0.1, -0.05) is 11.6 Å². The molecular weight excluding hydrogens is 399 g/mol. The van der Waals surface area contributed by atoms with Gasteiger partial charge in [0.25, 0.3) is 5.91 Å². The molecule has 0 bridgehead atoms. The summed E-state index contributed by atoms with van der Waals surface area (Å²) in [6.07, 6.45) is 0.701. The molecule has 0 aromatic heterocycles. The number of aliphatic hydroxyl groups is 1. The smallest absolute Gasteiger partial charge is 0.266 e. The van der Waals surface area contributed by atoms with Gasteiger partial charge >= 0.3 is 0 Å². The van der Waals surface area contributed by atoms with Gasteiger partial charge in [0.15, 0.2) is 5.78 Å².